The summed E-state index contributed by atoms with van der Waals surface area (Å²) in [6, 6.07) is 0. The topological polar surface area (TPSA) is 126 Å². The van der Waals surface area contributed by atoms with Gasteiger partial charge in [-0.05, 0) is 109 Å². The van der Waals surface area contributed by atoms with E-state index in [9.17, 15) is 25.2 Å². The maximum Gasteiger partial charge on any atom is 0.312 e. The van der Waals surface area contributed by atoms with Gasteiger partial charge in [0, 0.05) is 0 Å². The molecule has 0 aromatic heterocycles. The number of methoxy groups -OCH3 is 1. The third-order valence-corrected chi connectivity index (χ3v) is 15.3. The molecule has 4 N–H and O–H groups in total. The minimum absolute atomic E-state index is 0.00614. The van der Waals surface area contributed by atoms with Gasteiger partial charge in [0.1, 0.15) is 24.4 Å². The second-order valence-electron chi connectivity index (χ2n) is 18.0. The van der Waals surface area contributed by atoms with Gasteiger partial charge in [-0.25, -0.2) is 0 Å². The highest BCUT2D eigenvalue weighted by molar-refractivity contribution is 5.78. The van der Waals surface area contributed by atoms with E-state index in [4.69, 9.17) is 14.2 Å². The standard InChI is InChI=1S/C37H60O8/c1-32(2)15-17-37(31(42)43-8)18-16-35(6)21(22(37)19-32)9-10-25-34(5)13-12-26(33(3,4)24(34)11-14-36(25,35)7)45-30-29(41)28(40)27(39)23(20-38)44-30/h9,22-30,38-41H,10-20H2,1-8H3. The van der Waals surface area contributed by atoms with E-state index >= 15 is 0 Å². The third-order valence-electron chi connectivity index (χ3n) is 15.3. The van der Waals surface area contributed by atoms with E-state index in [0.717, 1.165) is 64.2 Å². The van der Waals surface area contributed by atoms with Crippen LogP contribution in [0.15, 0.2) is 11.6 Å². The number of hydrogen-bond donors (Lipinski definition) is 4. The zero-order valence-electron chi connectivity index (χ0n) is 29.0. The Kier molecular flexibility index (Phi) is 8.27. The van der Waals surface area contributed by atoms with E-state index in [2.05, 4.69) is 54.5 Å². The Bertz CT molecular complexity index is 1190. The van der Waals surface area contributed by atoms with Crippen molar-refractivity contribution in [1.82, 2.24) is 0 Å². The van der Waals surface area contributed by atoms with Crippen LogP contribution in [0.25, 0.3) is 0 Å². The third kappa shape index (κ3) is 4.69. The molecule has 0 radical (unpaired) electrons. The Morgan fingerprint density at radius 1 is 0.889 bits per heavy atom. The number of ether oxygens (including phenoxy) is 3. The number of esters is 1. The predicted octanol–water partition coefficient (Wildman–Crippen LogP) is 5.15. The van der Waals surface area contributed by atoms with Crippen LogP contribution in [-0.2, 0) is 19.0 Å². The smallest absolute Gasteiger partial charge is 0.312 e. The summed E-state index contributed by atoms with van der Waals surface area (Å²) in [5.41, 5.74) is 1.32. The van der Waals surface area contributed by atoms with Crippen molar-refractivity contribution in [2.24, 2.45) is 50.2 Å². The van der Waals surface area contributed by atoms with Crippen molar-refractivity contribution in [1.29, 1.82) is 0 Å². The first kappa shape index (κ1) is 33.9. The number of aliphatic hydroxyl groups is 4. The van der Waals surface area contributed by atoms with Gasteiger partial charge in [-0.2, -0.15) is 0 Å². The van der Waals surface area contributed by atoms with Gasteiger partial charge in [0.25, 0.3) is 0 Å². The molecule has 45 heavy (non-hydrogen) atoms. The van der Waals surface area contributed by atoms with Crippen molar-refractivity contribution >= 4 is 5.97 Å². The van der Waals surface area contributed by atoms with Crippen molar-refractivity contribution < 1.29 is 39.4 Å². The second kappa shape index (κ2) is 11.0. The van der Waals surface area contributed by atoms with Gasteiger partial charge in [0.15, 0.2) is 6.29 Å². The molecule has 13 unspecified atom stereocenters. The molecule has 0 amide bonds. The van der Waals surface area contributed by atoms with Crippen LogP contribution in [0.5, 0.6) is 0 Å². The highest BCUT2D eigenvalue weighted by atomic mass is 16.7. The minimum Gasteiger partial charge on any atom is -0.469 e. The van der Waals surface area contributed by atoms with Crippen LogP contribution in [-0.4, -0.2) is 76.9 Å². The van der Waals surface area contributed by atoms with E-state index in [1.165, 1.54) is 5.57 Å². The van der Waals surface area contributed by atoms with Gasteiger partial charge >= 0.3 is 5.97 Å². The Labute approximate surface area is 270 Å². The van der Waals surface area contributed by atoms with Crippen LogP contribution < -0.4 is 0 Å². The van der Waals surface area contributed by atoms with E-state index in [0.29, 0.717) is 11.8 Å². The summed E-state index contributed by atoms with van der Waals surface area (Å²) in [6.07, 6.45) is 5.98. The molecule has 0 spiro atoms. The maximum atomic E-state index is 13.5. The molecule has 0 aromatic rings. The van der Waals surface area contributed by atoms with E-state index in [1.54, 1.807) is 7.11 Å². The molecule has 4 saturated carbocycles. The summed E-state index contributed by atoms with van der Waals surface area (Å²) in [7, 11) is 1.57. The largest absolute Gasteiger partial charge is 0.469 e. The summed E-state index contributed by atoms with van der Waals surface area (Å²) >= 11 is 0. The fourth-order valence-corrected chi connectivity index (χ4v) is 12.4. The molecule has 13 atom stereocenters. The predicted molar refractivity (Wildman–Crippen MR) is 170 cm³/mol. The molecular formula is C37H60O8. The zero-order valence-corrected chi connectivity index (χ0v) is 29.0. The highest BCUT2D eigenvalue weighted by Gasteiger charge is 2.69. The van der Waals surface area contributed by atoms with Crippen molar-refractivity contribution in [2.45, 2.75) is 149 Å². The lowest BCUT2D eigenvalue weighted by molar-refractivity contribution is -0.330. The molecule has 256 valence electrons. The summed E-state index contributed by atoms with van der Waals surface area (Å²) < 4.78 is 17.8. The first-order chi connectivity index (χ1) is 20.9. The van der Waals surface area contributed by atoms with Gasteiger partial charge in [-0.15, -0.1) is 0 Å². The SMILES string of the molecule is COC(=O)C12CCC(C)(C)CC1C1=CCC3C4(C)CCC(OC5OC(CO)C(O)C(O)C5O)C(C)(C)C4CCC3(C)C1(C)CC2. The molecule has 8 nitrogen and oxygen atoms in total. The van der Waals surface area contributed by atoms with Crippen molar-refractivity contribution in [3.05, 3.63) is 11.6 Å². The Morgan fingerprint density at radius 2 is 1.58 bits per heavy atom. The van der Waals surface area contributed by atoms with E-state index in [1.807, 2.05) is 0 Å². The lowest BCUT2D eigenvalue weighted by Crippen LogP contribution is -2.66. The lowest BCUT2D eigenvalue weighted by Gasteiger charge is -2.71. The van der Waals surface area contributed by atoms with Gasteiger partial charge < -0.3 is 34.6 Å². The average molecular weight is 633 g/mol. The van der Waals surface area contributed by atoms with Crippen LogP contribution in [0, 0.1) is 50.2 Å². The van der Waals surface area contributed by atoms with Crippen molar-refractivity contribution in [2.75, 3.05) is 13.7 Å². The van der Waals surface area contributed by atoms with E-state index in [-0.39, 0.29) is 45.1 Å². The molecule has 0 aromatic carbocycles. The molecular weight excluding hydrogens is 572 g/mol. The first-order valence-electron chi connectivity index (χ1n) is 17.7. The summed E-state index contributed by atoms with van der Waals surface area (Å²) in [6.45, 7) is 16.4. The number of rotatable bonds is 4. The first-order valence-corrected chi connectivity index (χ1v) is 17.7. The minimum atomic E-state index is -1.44. The Morgan fingerprint density at radius 3 is 2.24 bits per heavy atom. The van der Waals surface area contributed by atoms with Crippen molar-refractivity contribution in [3.63, 3.8) is 0 Å². The average Bonchev–Trinajstić information content (AvgIpc) is 2.98. The number of fused-ring (bicyclic) bond motifs is 7. The molecule has 6 aliphatic rings. The summed E-state index contributed by atoms with van der Waals surface area (Å²) in [5, 5.41) is 41.1. The summed E-state index contributed by atoms with van der Waals surface area (Å²) in [5.74, 6) is 1.10. The van der Waals surface area contributed by atoms with Crippen LogP contribution >= 0.6 is 0 Å². The number of hydrogen-bond acceptors (Lipinski definition) is 8. The van der Waals surface area contributed by atoms with Gasteiger partial charge in [0.05, 0.1) is 25.2 Å². The molecule has 5 fully saturated rings. The highest BCUT2D eigenvalue weighted by Crippen LogP contribution is 2.76. The van der Waals surface area contributed by atoms with Gasteiger partial charge in [0.2, 0.25) is 0 Å². The quantitative estimate of drug-likeness (QED) is 0.191. The zero-order chi connectivity index (χ0) is 33.0. The number of aliphatic hydroxyl groups excluding tert-OH is 4. The van der Waals surface area contributed by atoms with Crippen LogP contribution in [0.2, 0.25) is 0 Å². The Hall–Kier alpha value is -1.03. The molecule has 8 heteroatoms. The number of carbonyl (C=O) groups is 1. The molecule has 5 aliphatic carbocycles. The van der Waals surface area contributed by atoms with E-state index < -0.39 is 42.7 Å². The van der Waals surface area contributed by atoms with Crippen LogP contribution in [0.1, 0.15) is 113 Å². The molecule has 1 saturated heterocycles. The lowest BCUT2D eigenvalue weighted by atomic mass is 9.33. The van der Waals surface area contributed by atoms with Gasteiger partial charge in [-0.1, -0.05) is 60.1 Å². The second-order valence-corrected chi connectivity index (χ2v) is 18.0. The molecule has 6 rings (SSSR count). The van der Waals surface area contributed by atoms with Gasteiger partial charge in [-0.3, -0.25) is 4.79 Å². The normalized spacial score (nSPS) is 51.9. The number of carbonyl (C=O) groups excluding carboxylic acids is 1. The van der Waals surface area contributed by atoms with Crippen molar-refractivity contribution in [3.8, 4) is 0 Å². The fraction of sp³-hybridized carbons (Fsp3) is 0.919. The maximum absolute atomic E-state index is 13.5. The number of allylic oxidation sites excluding steroid dienone is 2. The fourth-order valence-electron chi connectivity index (χ4n) is 12.4. The molecule has 1 heterocycles. The molecule has 0 bridgehead atoms. The summed E-state index contributed by atoms with van der Waals surface area (Å²) in [4.78, 5) is 13.5. The van der Waals surface area contributed by atoms with Crippen LogP contribution in [0.4, 0.5) is 0 Å². The molecule has 1 aliphatic heterocycles. The van der Waals surface area contributed by atoms with Crippen LogP contribution in [0.3, 0.4) is 0 Å². The Balaban J connectivity index is 1.29. The monoisotopic (exact) mass is 632 g/mol.